The summed E-state index contributed by atoms with van der Waals surface area (Å²) in [4.78, 5) is 17.1. The van der Waals surface area contributed by atoms with Gasteiger partial charge in [0.25, 0.3) is 0 Å². The summed E-state index contributed by atoms with van der Waals surface area (Å²) in [5.74, 6) is 0.865. The molecule has 0 atom stereocenters. The van der Waals surface area contributed by atoms with E-state index in [1.165, 1.54) is 0 Å². The lowest BCUT2D eigenvalue weighted by Gasteiger charge is -2.40. The number of rotatable bonds is 5. The van der Waals surface area contributed by atoms with Gasteiger partial charge in [0.1, 0.15) is 0 Å². The molecule has 2 N–H and O–H groups in total. The highest BCUT2D eigenvalue weighted by atomic mass is 16.5. The summed E-state index contributed by atoms with van der Waals surface area (Å²) in [5, 5.41) is 0. The van der Waals surface area contributed by atoms with E-state index in [2.05, 4.69) is 18.7 Å². The van der Waals surface area contributed by atoms with E-state index in [0.717, 1.165) is 51.5 Å². The predicted octanol–water partition coefficient (Wildman–Crippen LogP) is 1.07. The number of hydrogen-bond acceptors (Lipinski definition) is 4. The molecule has 0 aromatic carbocycles. The fraction of sp³-hybridized carbons (Fsp3) is 0.938. The molecule has 2 fully saturated rings. The molecular weight excluding hydrogens is 266 g/mol. The highest BCUT2D eigenvalue weighted by Gasteiger charge is 2.39. The minimum Gasteiger partial charge on any atom is -0.381 e. The number of carbonyl (C=O) groups is 1. The second-order valence-corrected chi connectivity index (χ2v) is 6.49. The van der Waals surface area contributed by atoms with Gasteiger partial charge >= 0.3 is 0 Å². The summed E-state index contributed by atoms with van der Waals surface area (Å²) >= 11 is 0. The fourth-order valence-electron chi connectivity index (χ4n) is 3.43. The van der Waals surface area contributed by atoms with E-state index < -0.39 is 5.54 Å². The van der Waals surface area contributed by atoms with Gasteiger partial charge in [0.05, 0.1) is 5.54 Å². The zero-order chi connectivity index (χ0) is 15.3. The number of carbonyl (C=O) groups excluding carboxylic acids is 1. The van der Waals surface area contributed by atoms with Crippen molar-refractivity contribution < 1.29 is 9.53 Å². The van der Waals surface area contributed by atoms with Gasteiger partial charge in [-0.1, -0.05) is 13.8 Å². The first-order valence-corrected chi connectivity index (χ1v) is 8.47. The topological polar surface area (TPSA) is 58.8 Å². The smallest absolute Gasteiger partial charge is 0.242 e. The lowest BCUT2D eigenvalue weighted by molar-refractivity contribution is -0.142. The van der Waals surface area contributed by atoms with Gasteiger partial charge in [-0.05, 0) is 44.7 Å². The van der Waals surface area contributed by atoms with Crippen LogP contribution < -0.4 is 5.73 Å². The Hall–Kier alpha value is -0.650. The van der Waals surface area contributed by atoms with Crippen molar-refractivity contribution in [3.8, 4) is 0 Å². The summed E-state index contributed by atoms with van der Waals surface area (Å²) in [6.07, 6.45) is 3.53. The fourth-order valence-corrected chi connectivity index (χ4v) is 3.43. The lowest BCUT2D eigenvalue weighted by Crippen LogP contribution is -2.59. The van der Waals surface area contributed by atoms with Crippen LogP contribution in [0, 0.1) is 5.92 Å². The molecule has 0 radical (unpaired) electrons. The number of likely N-dealkylation sites (tertiary alicyclic amines) is 1. The first-order chi connectivity index (χ1) is 10.1. The van der Waals surface area contributed by atoms with Crippen molar-refractivity contribution in [1.82, 2.24) is 9.80 Å². The summed E-state index contributed by atoms with van der Waals surface area (Å²) in [6.45, 7) is 10.8. The van der Waals surface area contributed by atoms with Gasteiger partial charge in [0.2, 0.25) is 5.91 Å². The van der Waals surface area contributed by atoms with Crippen molar-refractivity contribution in [2.24, 2.45) is 11.7 Å². The van der Waals surface area contributed by atoms with Crippen molar-refractivity contribution >= 4 is 5.91 Å². The first kappa shape index (κ1) is 16.7. The maximum atomic E-state index is 12.7. The summed E-state index contributed by atoms with van der Waals surface area (Å²) in [5.41, 5.74) is 5.64. The number of nitrogens with zero attached hydrogens (tertiary/aromatic N) is 2. The minimum absolute atomic E-state index is 0.145. The van der Waals surface area contributed by atoms with Gasteiger partial charge in [-0.25, -0.2) is 0 Å². The van der Waals surface area contributed by atoms with Crippen LogP contribution in [0.2, 0.25) is 0 Å². The third-order valence-electron chi connectivity index (χ3n) is 5.12. The van der Waals surface area contributed by atoms with Crippen molar-refractivity contribution in [2.75, 3.05) is 45.9 Å². The number of piperidine rings is 1. The lowest BCUT2D eigenvalue weighted by atomic mass is 9.88. The van der Waals surface area contributed by atoms with Gasteiger partial charge in [-0.3, -0.25) is 4.79 Å². The SMILES string of the molecule is CCN(CC)CC1CCN(C(=O)C2(N)CCOCC2)CC1. The van der Waals surface area contributed by atoms with Crippen LogP contribution >= 0.6 is 0 Å². The van der Waals surface area contributed by atoms with E-state index in [0.29, 0.717) is 26.1 Å². The van der Waals surface area contributed by atoms with E-state index in [-0.39, 0.29) is 5.91 Å². The molecule has 2 aliphatic rings. The molecule has 0 saturated carbocycles. The van der Waals surface area contributed by atoms with Gasteiger partial charge < -0.3 is 20.3 Å². The van der Waals surface area contributed by atoms with E-state index >= 15 is 0 Å². The molecule has 122 valence electrons. The van der Waals surface area contributed by atoms with Gasteiger partial charge in [0.15, 0.2) is 0 Å². The van der Waals surface area contributed by atoms with Crippen LogP contribution in [-0.2, 0) is 9.53 Å². The van der Waals surface area contributed by atoms with Crippen LogP contribution in [0.4, 0.5) is 0 Å². The number of hydrogen-bond donors (Lipinski definition) is 1. The molecule has 1 amide bonds. The third-order valence-corrected chi connectivity index (χ3v) is 5.12. The molecule has 5 heteroatoms. The first-order valence-electron chi connectivity index (χ1n) is 8.47. The maximum absolute atomic E-state index is 12.7. The molecular formula is C16H31N3O2. The third kappa shape index (κ3) is 4.18. The molecule has 5 nitrogen and oxygen atoms in total. The van der Waals surface area contributed by atoms with Gasteiger partial charge in [-0.15, -0.1) is 0 Å². The van der Waals surface area contributed by atoms with E-state index in [4.69, 9.17) is 10.5 Å². The molecule has 0 aromatic heterocycles. The van der Waals surface area contributed by atoms with Crippen LogP contribution in [0.1, 0.15) is 39.5 Å². The Morgan fingerprint density at radius 2 is 1.81 bits per heavy atom. The average Bonchev–Trinajstić information content (AvgIpc) is 2.53. The van der Waals surface area contributed by atoms with Crippen molar-refractivity contribution in [1.29, 1.82) is 0 Å². The number of amides is 1. The Balaban J connectivity index is 1.81. The van der Waals surface area contributed by atoms with Crippen molar-refractivity contribution in [3.05, 3.63) is 0 Å². The zero-order valence-electron chi connectivity index (χ0n) is 13.6. The average molecular weight is 297 g/mol. The monoisotopic (exact) mass is 297 g/mol. The number of ether oxygens (including phenoxy) is 1. The molecule has 0 aromatic rings. The highest BCUT2D eigenvalue weighted by molar-refractivity contribution is 5.86. The van der Waals surface area contributed by atoms with Crippen molar-refractivity contribution in [2.45, 2.75) is 45.1 Å². The second-order valence-electron chi connectivity index (χ2n) is 6.49. The summed E-state index contributed by atoms with van der Waals surface area (Å²) < 4.78 is 5.33. The molecule has 2 heterocycles. The Bertz CT molecular complexity index is 330. The zero-order valence-corrected chi connectivity index (χ0v) is 13.6. The molecule has 0 unspecified atom stereocenters. The Labute approximate surface area is 128 Å². The molecule has 2 rings (SSSR count). The molecule has 21 heavy (non-hydrogen) atoms. The normalized spacial score (nSPS) is 23.5. The second kappa shape index (κ2) is 7.56. The molecule has 2 aliphatic heterocycles. The van der Waals surface area contributed by atoms with E-state index in [1.807, 2.05) is 4.90 Å². The Kier molecular flexibility index (Phi) is 6.02. The molecule has 0 aliphatic carbocycles. The molecule has 2 saturated heterocycles. The van der Waals surface area contributed by atoms with Crippen LogP contribution in [0.25, 0.3) is 0 Å². The van der Waals surface area contributed by atoms with Crippen LogP contribution in [-0.4, -0.2) is 67.2 Å². The number of nitrogens with two attached hydrogens (primary N) is 1. The standard InChI is InChI=1S/C16H31N3O2/c1-3-18(4-2)13-14-5-9-19(10-6-14)15(20)16(17)7-11-21-12-8-16/h14H,3-13,17H2,1-2H3. The van der Waals surface area contributed by atoms with Crippen LogP contribution in [0.15, 0.2) is 0 Å². The highest BCUT2D eigenvalue weighted by Crippen LogP contribution is 2.25. The van der Waals surface area contributed by atoms with E-state index in [1.54, 1.807) is 0 Å². The van der Waals surface area contributed by atoms with Gasteiger partial charge in [0, 0.05) is 32.8 Å². The summed E-state index contributed by atoms with van der Waals surface area (Å²) in [7, 11) is 0. The summed E-state index contributed by atoms with van der Waals surface area (Å²) in [6, 6.07) is 0. The van der Waals surface area contributed by atoms with Gasteiger partial charge in [-0.2, -0.15) is 0 Å². The van der Waals surface area contributed by atoms with Crippen LogP contribution in [0.3, 0.4) is 0 Å². The van der Waals surface area contributed by atoms with Crippen molar-refractivity contribution in [3.63, 3.8) is 0 Å². The quantitative estimate of drug-likeness (QED) is 0.825. The van der Waals surface area contributed by atoms with Crippen LogP contribution in [0.5, 0.6) is 0 Å². The predicted molar refractivity (Wildman–Crippen MR) is 84.1 cm³/mol. The largest absolute Gasteiger partial charge is 0.381 e. The Morgan fingerprint density at radius 1 is 1.24 bits per heavy atom. The maximum Gasteiger partial charge on any atom is 0.242 e. The molecule has 0 bridgehead atoms. The molecule has 0 spiro atoms. The minimum atomic E-state index is -0.677. The Morgan fingerprint density at radius 3 is 2.33 bits per heavy atom. The van der Waals surface area contributed by atoms with E-state index in [9.17, 15) is 4.79 Å².